The molecule has 2 heteroatoms. The maximum atomic E-state index is 9.55. The minimum atomic E-state index is -0.574. The lowest BCUT2D eigenvalue weighted by molar-refractivity contribution is 0.0713. The Morgan fingerprint density at radius 3 is 2.46 bits per heavy atom. The van der Waals surface area contributed by atoms with Gasteiger partial charge in [-0.1, -0.05) is 34.1 Å². The van der Waals surface area contributed by atoms with Crippen LogP contribution in [0, 0.1) is 0 Å². The standard InChI is InChI=1S/C11H15BrO/c1-11(2,13)8-7-9-5-3-4-6-10(9)12/h3-6,13H,7-8H2,1-2H3. The van der Waals surface area contributed by atoms with Gasteiger partial charge in [-0.25, -0.2) is 0 Å². The molecule has 0 aliphatic rings. The minimum Gasteiger partial charge on any atom is -0.390 e. The molecule has 0 heterocycles. The van der Waals surface area contributed by atoms with Gasteiger partial charge in [0, 0.05) is 4.47 Å². The lowest BCUT2D eigenvalue weighted by Crippen LogP contribution is -2.19. The predicted octanol–water partition coefficient (Wildman–Crippen LogP) is 3.15. The maximum absolute atomic E-state index is 9.55. The number of hydrogen-bond acceptors (Lipinski definition) is 1. The van der Waals surface area contributed by atoms with Crippen molar-refractivity contribution < 1.29 is 5.11 Å². The first-order chi connectivity index (χ1) is 5.99. The summed E-state index contributed by atoms with van der Waals surface area (Å²) in [6.45, 7) is 3.67. The molecule has 0 aliphatic heterocycles. The Morgan fingerprint density at radius 1 is 1.31 bits per heavy atom. The number of aryl methyl sites for hydroxylation is 1. The van der Waals surface area contributed by atoms with E-state index in [1.165, 1.54) is 5.56 Å². The van der Waals surface area contributed by atoms with Crippen molar-refractivity contribution in [3.63, 3.8) is 0 Å². The number of benzene rings is 1. The van der Waals surface area contributed by atoms with Gasteiger partial charge in [0.25, 0.3) is 0 Å². The van der Waals surface area contributed by atoms with Gasteiger partial charge in [0.1, 0.15) is 0 Å². The smallest absolute Gasteiger partial charge is 0.0594 e. The fourth-order valence-electron chi connectivity index (χ4n) is 1.14. The maximum Gasteiger partial charge on any atom is 0.0594 e. The van der Waals surface area contributed by atoms with Crippen molar-refractivity contribution in [2.45, 2.75) is 32.3 Å². The predicted molar refractivity (Wildman–Crippen MR) is 58.8 cm³/mol. The first kappa shape index (κ1) is 10.7. The highest BCUT2D eigenvalue weighted by Gasteiger charge is 2.12. The van der Waals surface area contributed by atoms with Crippen molar-refractivity contribution in [3.05, 3.63) is 34.3 Å². The highest BCUT2D eigenvalue weighted by atomic mass is 79.9. The summed E-state index contributed by atoms with van der Waals surface area (Å²) in [4.78, 5) is 0. The molecular formula is C11H15BrO. The lowest BCUT2D eigenvalue weighted by Gasteiger charge is -2.16. The van der Waals surface area contributed by atoms with E-state index in [-0.39, 0.29) is 0 Å². The topological polar surface area (TPSA) is 20.2 Å². The van der Waals surface area contributed by atoms with Crippen LogP contribution in [0.1, 0.15) is 25.8 Å². The average molecular weight is 243 g/mol. The quantitative estimate of drug-likeness (QED) is 0.864. The summed E-state index contributed by atoms with van der Waals surface area (Å²) in [5.74, 6) is 0. The van der Waals surface area contributed by atoms with Crippen molar-refractivity contribution in [1.82, 2.24) is 0 Å². The Kier molecular flexibility index (Phi) is 3.51. The molecule has 0 saturated carbocycles. The number of rotatable bonds is 3. The van der Waals surface area contributed by atoms with Crippen LogP contribution in [0.2, 0.25) is 0 Å². The molecule has 0 saturated heterocycles. The normalized spacial score (nSPS) is 11.7. The molecule has 1 aromatic carbocycles. The van der Waals surface area contributed by atoms with Crippen molar-refractivity contribution >= 4 is 15.9 Å². The first-order valence-electron chi connectivity index (χ1n) is 4.45. The van der Waals surface area contributed by atoms with Crippen LogP contribution in [0.5, 0.6) is 0 Å². The molecule has 0 bridgehead atoms. The molecule has 0 amide bonds. The molecule has 0 aliphatic carbocycles. The molecule has 0 radical (unpaired) electrons. The van der Waals surface area contributed by atoms with Crippen LogP contribution in [0.4, 0.5) is 0 Å². The number of aliphatic hydroxyl groups is 1. The van der Waals surface area contributed by atoms with E-state index in [0.29, 0.717) is 0 Å². The van der Waals surface area contributed by atoms with E-state index in [4.69, 9.17) is 0 Å². The van der Waals surface area contributed by atoms with Crippen LogP contribution in [0.15, 0.2) is 28.7 Å². The van der Waals surface area contributed by atoms with Crippen molar-refractivity contribution in [1.29, 1.82) is 0 Å². The van der Waals surface area contributed by atoms with E-state index in [1.807, 2.05) is 32.0 Å². The average Bonchev–Trinajstić information content (AvgIpc) is 2.01. The third kappa shape index (κ3) is 3.92. The summed E-state index contributed by atoms with van der Waals surface area (Å²) in [5.41, 5.74) is 0.680. The summed E-state index contributed by atoms with van der Waals surface area (Å²) < 4.78 is 1.12. The van der Waals surface area contributed by atoms with Gasteiger partial charge in [-0.05, 0) is 38.3 Å². The zero-order valence-electron chi connectivity index (χ0n) is 8.05. The molecule has 0 fully saturated rings. The van der Waals surface area contributed by atoms with E-state index in [1.54, 1.807) is 0 Å². The molecule has 1 rings (SSSR count). The minimum absolute atomic E-state index is 0.574. The summed E-state index contributed by atoms with van der Waals surface area (Å²) in [6.07, 6.45) is 1.69. The molecule has 0 spiro atoms. The van der Waals surface area contributed by atoms with Crippen molar-refractivity contribution in [2.75, 3.05) is 0 Å². The Labute approximate surface area is 87.9 Å². The van der Waals surface area contributed by atoms with Crippen LogP contribution in [0.25, 0.3) is 0 Å². The highest BCUT2D eigenvalue weighted by Crippen LogP contribution is 2.20. The number of halogens is 1. The monoisotopic (exact) mass is 242 g/mol. The van der Waals surface area contributed by atoms with Gasteiger partial charge in [0.2, 0.25) is 0 Å². The Hall–Kier alpha value is -0.340. The number of hydrogen-bond donors (Lipinski definition) is 1. The van der Waals surface area contributed by atoms with Gasteiger partial charge in [0.05, 0.1) is 5.60 Å². The molecule has 0 unspecified atom stereocenters. The van der Waals surface area contributed by atoms with E-state index in [2.05, 4.69) is 22.0 Å². The van der Waals surface area contributed by atoms with Crippen molar-refractivity contribution in [2.24, 2.45) is 0 Å². The summed E-state index contributed by atoms with van der Waals surface area (Å²) in [5, 5.41) is 9.55. The zero-order chi connectivity index (χ0) is 9.90. The van der Waals surface area contributed by atoms with E-state index >= 15 is 0 Å². The van der Waals surface area contributed by atoms with Crippen LogP contribution in [-0.2, 0) is 6.42 Å². The first-order valence-corrected chi connectivity index (χ1v) is 5.24. The molecule has 13 heavy (non-hydrogen) atoms. The van der Waals surface area contributed by atoms with E-state index < -0.39 is 5.60 Å². The van der Waals surface area contributed by atoms with Crippen molar-refractivity contribution in [3.8, 4) is 0 Å². The van der Waals surface area contributed by atoms with E-state index in [0.717, 1.165) is 17.3 Å². The summed E-state index contributed by atoms with van der Waals surface area (Å²) >= 11 is 3.48. The molecule has 72 valence electrons. The van der Waals surface area contributed by atoms with Gasteiger partial charge in [-0.15, -0.1) is 0 Å². The molecule has 1 nitrogen and oxygen atoms in total. The van der Waals surface area contributed by atoms with Gasteiger partial charge in [-0.3, -0.25) is 0 Å². The largest absolute Gasteiger partial charge is 0.390 e. The lowest BCUT2D eigenvalue weighted by atomic mass is 9.99. The molecule has 1 N–H and O–H groups in total. The van der Waals surface area contributed by atoms with Crippen LogP contribution < -0.4 is 0 Å². The molecule has 0 aromatic heterocycles. The summed E-state index contributed by atoms with van der Waals surface area (Å²) in [6, 6.07) is 8.12. The third-order valence-corrected chi connectivity index (χ3v) is 2.74. The molecule has 1 aromatic rings. The van der Waals surface area contributed by atoms with Crippen LogP contribution >= 0.6 is 15.9 Å². The van der Waals surface area contributed by atoms with E-state index in [9.17, 15) is 5.11 Å². The van der Waals surface area contributed by atoms with Crippen LogP contribution in [-0.4, -0.2) is 10.7 Å². The fraction of sp³-hybridized carbons (Fsp3) is 0.455. The molecular weight excluding hydrogens is 228 g/mol. The Balaban J connectivity index is 2.60. The van der Waals surface area contributed by atoms with Gasteiger partial charge in [-0.2, -0.15) is 0 Å². The SMILES string of the molecule is CC(C)(O)CCc1ccccc1Br. The van der Waals surface area contributed by atoms with Gasteiger partial charge in [0.15, 0.2) is 0 Å². The third-order valence-electron chi connectivity index (χ3n) is 1.96. The second kappa shape index (κ2) is 4.25. The molecule has 0 atom stereocenters. The Morgan fingerprint density at radius 2 is 1.92 bits per heavy atom. The summed E-state index contributed by atoms with van der Waals surface area (Å²) in [7, 11) is 0. The second-order valence-corrected chi connectivity index (χ2v) is 4.76. The fourth-order valence-corrected chi connectivity index (χ4v) is 1.62. The zero-order valence-corrected chi connectivity index (χ0v) is 9.63. The van der Waals surface area contributed by atoms with Crippen LogP contribution in [0.3, 0.4) is 0 Å². The second-order valence-electron chi connectivity index (χ2n) is 3.90. The van der Waals surface area contributed by atoms with Gasteiger partial charge < -0.3 is 5.11 Å². The van der Waals surface area contributed by atoms with Gasteiger partial charge >= 0.3 is 0 Å². The highest BCUT2D eigenvalue weighted by molar-refractivity contribution is 9.10. The Bertz CT molecular complexity index is 276.